The Morgan fingerprint density at radius 3 is 2.12 bits per heavy atom. The van der Waals surface area contributed by atoms with Crippen LogP contribution in [0.4, 0.5) is 5.69 Å². The summed E-state index contributed by atoms with van der Waals surface area (Å²) in [6, 6.07) is 26.5. The van der Waals surface area contributed by atoms with Crippen molar-refractivity contribution in [3.8, 4) is 5.75 Å². The Morgan fingerprint density at radius 2 is 1.51 bits per heavy atom. The molecule has 0 unspecified atom stereocenters. The molecule has 0 aliphatic heterocycles. The predicted octanol–water partition coefficient (Wildman–Crippen LogP) is 7.59. The fraction of sp³-hybridized carbons (Fsp3) is 0.316. The van der Waals surface area contributed by atoms with Gasteiger partial charge in [-0.3, -0.25) is 13.9 Å². The molecular weight excluding hydrogens is 681 g/mol. The molecule has 0 heterocycles. The molecule has 2 amide bonds. The quantitative estimate of drug-likeness (QED) is 0.145. The van der Waals surface area contributed by atoms with Crippen molar-refractivity contribution in [1.29, 1.82) is 0 Å². The van der Waals surface area contributed by atoms with Crippen LogP contribution in [-0.2, 0) is 32.6 Å². The number of amides is 2. The first-order valence-corrected chi connectivity index (χ1v) is 18.7. The van der Waals surface area contributed by atoms with Crippen LogP contribution in [0.15, 0.2) is 102 Å². The summed E-state index contributed by atoms with van der Waals surface area (Å²) in [5, 5.41) is 3.83. The molecule has 0 bridgehead atoms. The van der Waals surface area contributed by atoms with Gasteiger partial charge in [-0.2, -0.15) is 0 Å². The number of ether oxygens (including phenoxy) is 1. The molecule has 11 heteroatoms. The van der Waals surface area contributed by atoms with Gasteiger partial charge in [0.1, 0.15) is 18.3 Å². The van der Waals surface area contributed by atoms with Gasteiger partial charge in [-0.25, -0.2) is 8.42 Å². The Morgan fingerprint density at radius 1 is 0.878 bits per heavy atom. The molecule has 8 nitrogen and oxygen atoms in total. The number of rotatable bonds is 14. The van der Waals surface area contributed by atoms with Crippen LogP contribution in [0, 0.1) is 6.92 Å². The predicted molar refractivity (Wildman–Crippen MR) is 195 cm³/mol. The highest BCUT2D eigenvalue weighted by Gasteiger charge is 2.36. The van der Waals surface area contributed by atoms with Crippen molar-refractivity contribution in [3.05, 3.63) is 124 Å². The van der Waals surface area contributed by atoms with Crippen LogP contribution in [-0.4, -0.2) is 50.4 Å². The molecule has 1 fully saturated rings. The standard InChI is InChI=1S/C38H41Cl2N3O5S/c1-3-48-31-20-18-30(19-21-31)43(49(46,47)32-22-16-27(2)17-23-32)26-37(44)42(25-33-34(39)14-9-15-35(33)40)36(24-28-10-5-4-6-11-28)38(45)41-29-12-7-8-13-29/h4-6,9-11,14-23,29,36H,3,7-8,12-13,24-26H2,1-2H3,(H,41,45)/t36-/m1/s1. The maximum atomic E-state index is 14.8. The minimum absolute atomic E-state index is 0.00565. The van der Waals surface area contributed by atoms with Gasteiger partial charge in [0.25, 0.3) is 10.0 Å². The van der Waals surface area contributed by atoms with E-state index in [9.17, 15) is 18.0 Å². The van der Waals surface area contributed by atoms with Crippen LogP contribution in [0.1, 0.15) is 49.3 Å². The van der Waals surface area contributed by atoms with Crippen LogP contribution >= 0.6 is 23.2 Å². The molecule has 49 heavy (non-hydrogen) atoms. The van der Waals surface area contributed by atoms with Gasteiger partial charge in [0.2, 0.25) is 11.8 Å². The second-order valence-electron chi connectivity index (χ2n) is 12.2. The van der Waals surface area contributed by atoms with E-state index in [4.69, 9.17) is 27.9 Å². The average Bonchev–Trinajstić information content (AvgIpc) is 3.60. The van der Waals surface area contributed by atoms with E-state index in [-0.39, 0.29) is 35.5 Å². The zero-order valence-electron chi connectivity index (χ0n) is 27.6. The fourth-order valence-corrected chi connectivity index (χ4v) is 7.95. The summed E-state index contributed by atoms with van der Waals surface area (Å²) in [5.41, 5.74) is 2.46. The van der Waals surface area contributed by atoms with Crippen LogP contribution in [0.5, 0.6) is 5.75 Å². The van der Waals surface area contributed by atoms with Crippen molar-refractivity contribution in [2.75, 3.05) is 17.5 Å². The molecule has 1 N–H and O–H groups in total. The first-order valence-electron chi connectivity index (χ1n) is 16.5. The second kappa shape index (κ2) is 16.6. The molecule has 258 valence electrons. The number of benzene rings is 4. The van der Waals surface area contributed by atoms with E-state index in [1.165, 1.54) is 17.0 Å². The zero-order chi connectivity index (χ0) is 35.0. The fourth-order valence-electron chi connectivity index (χ4n) is 6.02. The van der Waals surface area contributed by atoms with Crippen LogP contribution < -0.4 is 14.4 Å². The SMILES string of the molecule is CCOc1ccc(N(CC(=O)N(Cc2c(Cl)cccc2Cl)[C@H](Cc2ccccc2)C(=O)NC2CCCC2)S(=O)(=O)c2ccc(C)cc2)cc1. The van der Waals surface area contributed by atoms with E-state index in [1.807, 2.05) is 44.2 Å². The van der Waals surface area contributed by atoms with Crippen molar-refractivity contribution < 1.29 is 22.7 Å². The molecule has 1 aliphatic rings. The van der Waals surface area contributed by atoms with Gasteiger partial charge in [-0.05, 0) is 80.8 Å². The number of nitrogens with zero attached hydrogens (tertiary/aromatic N) is 2. The third-order valence-electron chi connectivity index (χ3n) is 8.69. The van der Waals surface area contributed by atoms with Gasteiger partial charge in [0, 0.05) is 34.6 Å². The van der Waals surface area contributed by atoms with Crippen molar-refractivity contribution in [1.82, 2.24) is 10.2 Å². The summed E-state index contributed by atoms with van der Waals surface area (Å²) in [6.07, 6.45) is 3.93. The number of sulfonamides is 1. The minimum atomic E-state index is -4.24. The number of aryl methyl sites for hydroxylation is 1. The number of hydrogen-bond acceptors (Lipinski definition) is 5. The smallest absolute Gasteiger partial charge is 0.264 e. The zero-order valence-corrected chi connectivity index (χ0v) is 30.0. The monoisotopic (exact) mass is 721 g/mol. The maximum absolute atomic E-state index is 14.8. The molecule has 0 spiro atoms. The Balaban J connectivity index is 1.59. The van der Waals surface area contributed by atoms with E-state index in [1.54, 1.807) is 54.6 Å². The summed E-state index contributed by atoms with van der Waals surface area (Å²) in [6.45, 7) is 3.46. The molecule has 4 aromatic rings. The second-order valence-corrected chi connectivity index (χ2v) is 14.8. The summed E-state index contributed by atoms with van der Waals surface area (Å²) in [4.78, 5) is 30.4. The number of halogens is 2. The molecule has 5 rings (SSSR count). The highest BCUT2D eigenvalue weighted by molar-refractivity contribution is 7.92. The summed E-state index contributed by atoms with van der Waals surface area (Å²) in [7, 11) is -4.24. The van der Waals surface area contributed by atoms with Crippen LogP contribution in [0.25, 0.3) is 0 Å². The Hall–Kier alpha value is -4.05. The molecule has 0 saturated heterocycles. The van der Waals surface area contributed by atoms with Crippen LogP contribution in [0.3, 0.4) is 0 Å². The minimum Gasteiger partial charge on any atom is -0.494 e. The highest BCUT2D eigenvalue weighted by atomic mass is 35.5. The van der Waals surface area contributed by atoms with Gasteiger partial charge in [0.05, 0.1) is 17.2 Å². The lowest BCUT2D eigenvalue weighted by atomic mass is 10.0. The Labute approximate surface area is 299 Å². The normalized spacial score (nSPS) is 13.9. The number of hydrogen-bond donors (Lipinski definition) is 1. The van der Waals surface area contributed by atoms with Gasteiger partial charge in [-0.1, -0.05) is 90.1 Å². The lowest BCUT2D eigenvalue weighted by molar-refractivity contribution is -0.140. The number of carbonyl (C=O) groups is 2. The van der Waals surface area contributed by atoms with Gasteiger partial charge in [-0.15, -0.1) is 0 Å². The molecule has 1 atom stereocenters. The topological polar surface area (TPSA) is 96.0 Å². The third-order valence-corrected chi connectivity index (χ3v) is 11.2. The van der Waals surface area contributed by atoms with Crippen LogP contribution in [0.2, 0.25) is 10.0 Å². The average molecular weight is 723 g/mol. The van der Waals surface area contributed by atoms with E-state index >= 15 is 0 Å². The van der Waals surface area contributed by atoms with Gasteiger partial charge in [0.15, 0.2) is 0 Å². The summed E-state index contributed by atoms with van der Waals surface area (Å²) >= 11 is 13.3. The molecule has 0 aromatic heterocycles. The lowest BCUT2D eigenvalue weighted by Crippen LogP contribution is -2.54. The van der Waals surface area contributed by atoms with Crippen molar-refractivity contribution in [2.24, 2.45) is 0 Å². The van der Waals surface area contributed by atoms with Crippen molar-refractivity contribution in [2.45, 2.75) is 69.5 Å². The van der Waals surface area contributed by atoms with Gasteiger partial charge >= 0.3 is 0 Å². The maximum Gasteiger partial charge on any atom is 0.264 e. The van der Waals surface area contributed by atoms with Crippen molar-refractivity contribution in [3.63, 3.8) is 0 Å². The Kier molecular flexibility index (Phi) is 12.3. The van der Waals surface area contributed by atoms with E-state index in [2.05, 4.69) is 5.32 Å². The first kappa shape index (κ1) is 36.2. The molecule has 1 aliphatic carbocycles. The molecule has 0 radical (unpaired) electrons. The number of nitrogens with one attached hydrogen (secondary N) is 1. The first-order chi connectivity index (χ1) is 23.6. The summed E-state index contributed by atoms with van der Waals surface area (Å²) < 4.78 is 35.3. The molecular formula is C38H41Cl2N3O5S. The van der Waals surface area contributed by atoms with E-state index in [0.29, 0.717) is 28.0 Å². The van der Waals surface area contributed by atoms with E-state index in [0.717, 1.165) is 41.1 Å². The molecule has 4 aromatic carbocycles. The highest BCUT2D eigenvalue weighted by Crippen LogP contribution is 2.30. The largest absolute Gasteiger partial charge is 0.494 e. The van der Waals surface area contributed by atoms with Gasteiger partial charge < -0.3 is 15.0 Å². The number of anilines is 1. The van der Waals surface area contributed by atoms with E-state index < -0.39 is 28.5 Å². The third kappa shape index (κ3) is 9.15. The lowest BCUT2D eigenvalue weighted by Gasteiger charge is -2.34. The number of carbonyl (C=O) groups excluding carboxylic acids is 2. The molecule has 1 saturated carbocycles. The van der Waals surface area contributed by atoms with Crippen molar-refractivity contribution >= 4 is 50.7 Å². The Bertz CT molecular complexity index is 1810. The summed E-state index contributed by atoms with van der Waals surface area (Å²) in [5.74, 6) is -0.351.